The lowest BCUT2D eigenvalue weighted by atomic mass is 9.96. The zero-order valence-electron chi connectivity index (χ0n) is 23.5. The molecular weight excluding hydrogens is 548 g/mol. The van der Waals surface area contributed by atoms with Crippen LogP contribution in [-0.2, 0) is 32.0 Å². The number of benzene rings is 2. The van der Waals surface area contributed by atoms with Crippen molar-refractivity contribution >= 4 is 35.5 Å². The van der Waals surface area contributed by atoms with E-state index in [0.717, 1.165) is 0 Å². The number of nitrogens with one attached hydrogen (secondary N) is 3. The van der Waals surface area contributed by atoms with Crippen LogP contribution in [0.3, 0.4) is 0 Å². The minimum atomic E-state index is -1.17. The van der Waals surface area contributed by atoms with Gasteiger partial charge in [0.15, 0.2) is 0 Å². The molecule has 11 nitrogen and oxygen atoms in total. The molecule has 0 radical (unpaired) electrons. The van der Waals surface area contributed by atoms with E-state index in [9.17, 15) is 34.5 Å². The van der Waals surface area contributed by atoms with E-state index in [1.165, 1.54) is 36.0 Å². The van der Waals surface area contributed by atoms with Crippen molar-refractivity contribution < 1.29 is 34.5 Å². The van der Waals surface area contributed by atoms with E-state index in [4.69, 9.17) is 5.73 Å². The number of phenolic OH excluding ortho intramolecular Hbond substituents is 2. The number of amides is 3. The van der Waals surface area contributed by atoms with Gasteiger partial charge in [0.05, 0.1) is 6.04 Å². The maximum absolute atomic E-state index is 13.6. The summed E-state index contributed by atoms with van der Waals surface area (Å²) in [5.41, 5.74) is 7.49. The number of rotatable bonds is 16. The van der Waals surface area contributed by atoms with Gasteiger partial charge in [0.2, 0.25) is 17.7 Å². The average molecular weight is 589 g/mol. The van der Waals surface area contributed by atoms with Crippen LogP contribution in [-0.4, -0.2) is 75.2 Å². The number of aliphatic carboxylic acids is 1. The van der Waals surface area contributed by atoms with Gasteiger partial charge >= 0.3 is 5.97 Å². The lowest BCUT2D eigenvalue weighted by Crippen LogP contribution is -2.59. The van der Waals surface area contributed by atoms with Gasteiger partial charge in [-0.05, 0) is 66.2 Å². The van der Waals surface area contributed by atoms with E-state index in [2.05, 4.69) is 16.0 Å². The molecule has 41 heavy (non-hydrogen) atoms. The van der Waals surface area contributed by atoms with E-state index >= 15 is 0 Å². The molecule has 2 aromatic rings. The fourth-order valence-corrected chi connectivity index (χ4v) is 4.52. The number of carboxylic acid groups (broad SMARTS) is 1. The number of hydrogen-bond donors (Lipinski definition) is 7. The minimum absolute atomic E-state index is 0.0395. The lowest BCUT2D eigenvalue weighted by molar-refractivity contribution is -0.142. The molecule has 0 aliphatic rings. The number of carboxylic acids is 1. The molecule has 5 atom stereocenters. The summed E-state index contributed by atoms with van der Waals surface area (Å²) in [6, 6.07) is 8.10. The molecule has 0 aromatic heterocycles. The first-order valence-corrected chi connectivity index (χ1v) is 14.8. The third-order valence-corrected chi connectivity index (χ3v) is 7.40. The summed E-state index contributed by atoms with van der Waals surface area (Å²) in [4.78, 5) is 51.5. The summed E-state index contributed by atoms with van der Waals surface area (Å²) in [6.07, 6.45) is 2.78. The number of nitrogens with two attached hydrogens (primary N) is 1. The maximum atomic E-state index is 13.6. The first-order chi connectivity index (χ1) is 19.4. The summed E-state index contributed by atoms with van der Waals surface area (Å²) in [7, 11) is 0. The monoisotopic (exact) mass is 588 g/mol. The van der Waals surface area contributed by atoms with Crippen molar-refractivity contribution in [2.24, 2.45) is 11.7 Å². The number of aromatic hydroxyl groups is 2. The first kappa shape index (κ1) is 33.4. The second kappa shape index (κ2) is 16.5. The van der Waals surface area contributed by atoms with E-state index < -0.39 is 47.9 Å². The standard InChI is InChI=1S/C29H40N4O7S/c1-4-17(2)25(28(38)31-23(29(39)40)13-14-41-3)33-27(37)24(16-19-7-11-21(35)12-8-19)32-26(36)22(30)15-18-5-9-20(34)10-6-18/h5-12,17,22-25,34-35H,4,13-16,30H2,1-3H3,(H,31,38)(H,32,36)(H,33,37)(H,39,40). The summed E-state index contributed by atoms with van der Waals surface area (Å²) < 4.78 is 0. The fraction of sp³-hybridized carbons (Fsp3) is 0.448. The Balaban J connectivity index is 2.24. The minimum Gasteiger partial charge on any atom is -0.508 e. The highest BCUT2D eigenvalue weighted by Gasteiger charge is 2.32. The van der Waals surface area contributed by atoms with E-state index in [1.54, 1.807) is 31.2 Å². The quantitative estimate of drug-likeness (QED) is 0.152. The Kier molecular flexibility index (Phi) is 13.4. The highest BCUT2D eigenvalue weighted by atomic mass is 32.2. The van der Waals surface area contributed by atoms with Crippen molar-refractivity contribution in [3.05, 3.63) is 59.7 Å². The Bertz CT molecular complexity index is 1160. The highest BCUT2D eigenvalue weighted by Crippen LogP contribution is 2.15. The molecule has 0 aliphatic heterocycles. The van der Waals surface area contributed by atoms with E-state index in [1.807, 2.05) is 13.2 Å². The molecule has 0 saturated heterocycles. The zero-order chi connectivity index (χ0) is 30.5. The summed E-state index contributed by atoms with van der Waals surface area (Å²) in [5, 5.41) is 36.6. The molecule has 0 heterocycles. The molecule has 3 amide bonds. The smallest absolute Gasteiger partial charge is 0.326 e. The number of thioether (sulfide) groups is 1. The maximum Gasteiger partial charge on any atom is 0.326 e. The van der Waals surface area contributed by atoms with Crippen LogP contribution in [0.4, 0.5) is 0 Å². The number of phenols is 2. The molecule has 0 aliphatic carbocycles. The number of carbonyl (C=O) groups is 4. The summed E-state index contributed by atoms with van der Waals surface area (Å²) in [5.74, 6) is -2.71. The van der Waals surface area contributed by atoms with Crippen molar-refractivity contribution in [1.29, 1.82) is 0 Å². The van der Waals surface area contributed by atoms with Gasteiger partial charge in [0, 0.05) is 6.42 Å². The first-order valence-electron chi connectivity index (χ1n) is 13.4. The van der Waals surface area contributed by atoms with Gasteiger partial charge in [-0.15, -0.1) is 0 Å². The molecule has 0 fully saturated rings. The molecule has 5 unspecified atom stereocenters. The van der Waals surface area contributed by atoms with Gasteiger partial charge in [-0.3, -0.25) is 14.4 Å². The van der Waals surface area contributed by atoms with Crippen molar-refractivity contribution in [3.8, 4) is 11.5 Å². The number of carbonyl (C=O) groups excluding carboxylic acids is 3. The Morgan fingerprint density at radius 2 is 1.32 bits per heavy atom. The Morgan fingerprint density at radius 3 is 1.80 bits per heavy atom. The summed E-state index contributed by atoms with van der Waals surface area (Å²) >= 11 is 1.46. The van der Waals surface area contributed by atoms with Gasteiger partial charge in [-0.1, -0.05) is 44.5 Å². The van der Waals surface area contributed by atoms with Crippen molar-refractivity contribution in [3.63, 3.8) is 0 Å². The van der Waals surface area contributed by atoms with Crippen LogP contribution in [0, 0.1) is 5.92 Å². The second-order valence-corrected chi connectivity index (χ2v) is 10.9. The molecule has 2 aromatic carbocycles. The topological polar surface area (TPSA) is 191 Å². The van der Waals surface area contributed by atoms with Crippen LogP contribution < -0.4 is 21.7 Å². The zero-order valence-corrected chi connectivity index (χ0v) is 24.3. The lowest BCUT2D eigenvalue weighted by Gasteiger charge is -2.28. The Hall–Kier alpha value is -3.77. The SMILES string of the molecule is CCC(C)C(NC(=O)C(Cc1ccc(O)cc1)NC(=O)C(N)Cc1ccc(O)cc1)C(=O)NC(CCSC)C(=O)O. The van der Waals surface area contributed by atoms with Gasteiger partial charge in [0.1, 0.15) is 29.6 Å². The van der Waals surface area contributed by atoms with Gasteiger partial charge < -0.3 is 37.0 Å². The van der Waals surface area contributed by atoms with E-state index in [-0.39, 0.29) is 36.7 Å². The van der Waals surface area contributed by atoms with Crippen molar-refractivity contribution in [2.45, 2.75) is 63.7 Å². The summed E-state index contributed by atoms with van der Waals surface area (Å²) in [6.45, 7) is 3.61. The van der Waals surface area contributed by atoms with Gasteiger partial charge in [-0.2, -0.15) is 11.8 Å². The molecule has 2 rings (SSSR count). The molecule has 224 valence electrons. The van der Waals surface area contributed by atoms with Gasteiger partial charge in [-0.25, -0.2) is 4.79 Å². The molecule has 0 spiro atoms. The molecule has 0 saturated carbocycles. The van der Waals surface area contributed by atoms with Gasteiger partial charge in [0.25, 0.3) is 0 Å². The van der Waals surface area contributed by atoms with Crippen LogP contribution >= 0.6 is 11.8 Å². The second-order valence-electron chi connectivity index (χ2n) is 9.96. The fourth-order valence-electron chi connectivity index (χ4n) is 4.04. The van der Waals surface area contributed by atoms with Crippen LogP contribution in [0.2, 0.25) is 0 Å². The largest absolute Gasteiger partial charge is 0.508 e. The van der Waals surface area contributed by atoms with Crippen LogP contribution in [0.1, 0.15) is 37.8 Å². The van der Waals surface area contributed by atoms with Crippen molar-refractivity contribution in [1.82, 2.24) is 16.0 Å². The molecule has 8 N–H and O–H groups in total. The van der Waals surface area contributed by atoms with Crippen LogP contribution in [0.25, 0.3) is 0 Å². The van der Waals surface area contributed by atoms with E-state index in [0.29, 0.717) is 23.3 Å². The Morgan fingerprint density at radius 1 is 0.805 bits per heavy atom. The molecule has 0 bridgehead atoms. The predicted molar refractivity (Wildman–Crippen MR) is 157 cm³/mol. The number of hydrogen-bond acceptors (Lipinski definition) is 8. The van der Waals surface area contributed by atoms with Crippen LogP contribution in [0.5, 0.6) is 11.5 Å². The molecular formula is C29H40N4O7S. The third kappa shape index (κ3) is 11.0. The predicted octanol–water partition coefficient (Wildman–Crippen LogP) is 1.55. The molecule has 12 heteroatoms. The Labute approximate surface area is 244 Å². The average Bonchev–Trinajstić information content (AvgIpc) is 2.94. The van der Waals surface area contributed by atoms with Crippen molar-refractivity contribution in [2.75, 3.05) is 12.0 Å². The highest BCUT2D eigenvalue weighted by molar-refractivity contribution is 7.98. The van der Waals surface area contributed by atoms with Crippen LogP contribution in [0.15, 0.2) is 48.5 Å². The third-order valence-electron chi connectivity index (χ3n) is 6.76. The normalized spacial score (nSPS) is 14.6.